The molecule has 0 aliphatic carbocycles. The van der Waals surface area contributed by atoms with Gasteiger partial charge in [-0.15, -0.1) is 0 Å². The van der Waals surface area contributed by atoms with Gasteiger partial charge in [-0.25, -0.2) is 8.42 Å². The van der Waals surface area contributed by atoms with Crippen LogP contribution >= 0.6 is 15.9 Å². The third kappa shape index (κ3) is 4.04. The standard InChI is InChI=1S/C21H18BrN3O3S/c22-17-11-16(13-23-14-17)21(26)24-18-9-8-15-5-4-10-25(20(15)12-18)29(27,28)19-6-2-1-3-7-19/h1-3,6-9,11-14H,4-5,10H2,(H,24,26). The normalized spacial score (nSPS) is 13.6. The first-order chi connectivity index (χ1) is 13.9. The number of nitrogens with zero attached hydrogens (tertiary/aromatic N) is 2. The minimum atomic E-state index is -3.67. The van der Waals surface area contributed by atoms with Crippen molar-refractivity contribution in [3.05, 3.63) is 82.6 Å². The zero-order valence-electron chi connectivity index (χ0n) is 15.4. The van der Waals surface area contributed by atoms with Crippen LogP contribution in [0.5, 0.6) is 0 Å². The number of sulfonamides is 1. The molecule has 3 aromatic rings. The fraction of sp³-hybridized carbons (Fsp3) is 0.143. The lowest BCUT2D eigenvalue weighted by atomic mass is 10.0. The number of hydrogen-bond acceptors (Lipinski definition) is 4. The zero-order chi connectivity index (χ0) is 20.4. The van der Waals surface area contributed by atoms with Crippen LogP contribution in [0.2, 0.25) is 0 Å². The number of rotatable bonds is 4. The molecule has 0 radical (unpaired) electrons. The molecule has 1 aromatic heterocycles. The summed E-state index contributed by atoms with van der Waals surface area (Å²) < 4.78 is 28.5. The average Bonchev–Trinajstić information content (AvgIpc) is 2.74. The summed E-state index contributed by atoms with van der Waals surface area (Å²) in [6, 6.07) is 15.4. The molecule has 2 aromatic carbocycles. The number of hydrogen-bond donors (Lipinski definition) is 1. The van der Waals surface area contributed by atoms with Crippen molar-refractivity contribution in [3.63, 3.8) is 0 Å². The van der Waals surface area contributed by atoms with Gasteiger partial charge in [-0.3, -0.25) is 14.1 Å². The van der Waals surface area contributed by atoms with E-state index in [1.165, 1.54) is 10.5 Å². The first-order valence-corrected chi connectivity index (χ1v) is 11.3. The molecule has 8 heteroatoms. The molecule has 0 atom stereocenters. The Balaban J connectivity index is 1.66. The summed E-state index contributed by atoms with van der Waals surface area (Å²) >= 11 is 3.30. The number of carbonyl (C=O) groups is 1. The second-order valence-corrected chi connectivity index (χ2v) is 9.46. The molecule has 29 heavy (non-hydrogen) atoms. The largest absolute Gasteiger partial charge is 0.322 e. The Labute approximate surface area is 177 Å². The summed E-state index contributed by atoms with van der Waals surface area (Å²) in [5.74, 6) is -0.313. The van der Waals surface area contributed by atoms with E-state index in [0.29, 0.717) is 28.0 Å². The quantitative estimate of drug-likeness (QED) is 0.616. The average molecular weight is 472 g/mol. The lowest BCUT2D eigenvalue weighted by Crippen LogP contribution is -2.35. The zero-order valence-corrected chi connectivity index (χ0v) is 17.8. The Bertz CT molecular complexity index is 1170. The second-order valence-electron chi connectivity index (χ2n) is 6.68. The van der Waals surface area contributed by atoms with Gasteiger partial charge in [0.1, 0.15) is 0 Å². The number of amides is 1. The van der Waals surface area contributed by atoms with Gasteiger partial charge in [0.2, 0.25) is 0 Å². The molecular formula is C21H18BrN3O3S. The second kappa shape index (κ2) is 7.96. The lowest BCUT2D eigenvalue weighted by molar-refractivity contribution is 0.102. The van der Waals surface area contributed by atoms with Gasteiger partial charge < -0.3 is 5.32 Å². The summed E-state index contributed by atoms with van der Waals surface area (Å²) in [5.41, 5.74) is 2.48. The van der Waals surface area contributed by atoms with Crippen LogP contribution in [0.3, 0.4) is 0 Å². The van der Waals surface area contributed by atoms with Crippen LogP contribution in [0.1, 0.15) is 22.3 Å². The smallest absolute Gasteiger partial charge is 0.264 e. The number of carbonyl (C=O) groups excluding carboxylic acids is 1. The number of aromatic nitrogens is 1. The van der Waals surface area contributed by atoms with Gasteiger partial charge in [0.15, 0.2) is 0 Å². The van der Waals surface area contributed by atoms with Crippen LogP contribution < -0.4 is 9.62 Å². The van der Waals surface area contributed by atoms with E-state index in [1.807, 2.05) is 6.07 Å². The van der Waals surface area contributed by atoms with Crippen LogP contribution in [-0.2, 0) is 16.4 Å². The van der Waals surface area contributed by atoms with E-state index < -0.39 is 10.0 Å². The van der Waals surface area contributed by atoms with Crippen molar-refractivity contribution in [3.8, 4) is 0 Å². The SMILES string of the molecule is O=C(Nc1ccc2c(c1)N(S(=O)(=O)c1ccccc1)CCC2)c1cncc(Br)c1. The highest BCUT2D eigenvalue weighted by atomic mass is 79.9. The van der Waals surface area contributed by atoms with Crippen LogP contribution in [0, 0.1) is 0 Å². The lowest BCUT2D eigenvalue weighted by Gasteiger charge is -2.31. The summed E-state index contributed by atoms with van der Waals surface area (Å²) in [7, 11) is -3.67. The van der Waals surface area contributed by atoms with Gasteiger partial charge in [0, 0.05) is 29.1 Å². The highest BCUT2D eigenvalue weighted by molar-refractivity contribution is 9.10. The van der Waals surface area contributed by atoms with E-state index in [2.05, 4.69) is 26.2 Å². The summed E-state index contributed by atoms with van der Waals surface area (Å²) in [6.45, 7) is 0.400. The van der Waals surface area contributed by atoms with Crippen molar-refractivity contribution in [1.82, 2.24) is 4.98 Å². The van der Waals surface area contributed by atoms with E-state index in [9.17, 15) is 13.2 Å². The Kier molecular flexibility index (Phi) is 5.38. The van der Waals surface area contributed by atoms with E-state index in [1.54, 1.807) is 54.7 Å². The van der Waals surface area contributed by atoms with E-state index >= 15 is 0 Å². The van der Waals surface area contributed by atoms with E-state index in [4.69, 9.17) is 0 Å². The van der Waals surface area contributed by atoms with Gasteiger partial charge in [0.25, 0.3) is 15.9 Å². The van der Waals surface area contributed by atoms with Crippen molar-refractivity contribution in [2.75, 3.05) is 16.2 Å². The molecule has 0 fully saturated rings. The maximum Gasteiger partial charge on any atom is 0.264 e. The Morgan fingerprint density at radius 2 is 1.86 bits per heavy atom. The molecule has 6 nitrogen and oxygen atoms in total. The molecule has 1 amide bonds. The number of fused-ring (bicyclic) bond motifs is 1. The van der Waals surface area contributed by atoms with Crippen LogP contribution in [0.25, 0.3) is 0 Å². The Morgan fingerprint density at radius 1 is 1.07 bits per heavy atom. The molecule has 148 valence electrons. The molecule has 1 aliphatic heterocycles. The molecular weight excluding hydrogens is 454 g/mol. The van der Waals surface area contributed by atoms with E-state index in [0.717, 1.165) is 18.4 Å². The Morgan fingerprint density at radius 3 is 2.62 bits per heavy atom. The fourth-order valence-corrected chi connectivity index (χ4v) is 5.25. The van der Waals surface area contributed by atoms with Crippen molar-refractivity contribution >= 4 is 43.2 Å². The third-order valence-electron chi connectivity index (χ3n) is 4.72. The maximum absolute atomic E-state index is 13.2. The number of aryl methyl sites for hydroxylation is 1. The monoisotopic (exact) mass is 471 g/mol. The molecule has 1 aliphatic rings. The van der Waals surface area contributed by atoms with Crippen molar-refractivity contribution < 1.29 is 13.2 Å². The number of nitrogens with one attached hydrogen (secondary N) is 1. The molecule has 0 saturated heterocycles. The predicted octanol–water partition coefficient (Wildman–Crippen LogP) is 4.24. The number of halogens is 1. The summed E-state index contributed by atoms with van der Waals surface area (Å²) in [4.78, 5) is 16.8. The highest BCUT2D eigenvalue weighted by Crippen LogP contribution is 2.34. The molecule has 4 rings (SSSR count). The maximum atomic E-state index is 13.2. The Hall–Kier alpha value is -2.71. The first kappa shape index (κ1) is 19.6. The number of benzene rings is 2. The highest BCUT2D eigenvalue weighted by Gasteiger charge is 2.29. The first-order valence-electron chi connectivity index (χ1n) is 9.08. The predicted molar refractivity (Wildman–Crippen MR) is 116 cm³/mol. The minimum Gasteiger partial charge on any atom is -0.322 e. The van der Waals surface area contributed by atoms with Crippen LogP contribution in [-0.4, -0.2) is 25.9 Å². The van der Waals surface area contributed by atoms with Crippen LogP contribution in [0.15, 0.2) is 76.4 Å². The summed E-state index contributed by atoms with van der Waals surface area (Å²) in [5, 5.41) is 2.83. The van der Waals surface area contributed by atoms with Gasteiger partial charge in [-0.05, 0) is 64.7 Å². The number of anilines is 2. The molecule has 0 bridgehead atoms. The summed E-state index contributed by atoms with van der Waals surface area (Å²) in [6.07, 6.45) is 4.61. The molecule has 0 unspecified atom stereocenters. The third-order valence-corrected chi connectivity index (χ3v) is 6.98. The fourth-order valence-electron chi connectivity index (χ4n) is 3.33. The molecule has 0 saturated carbocycles. The van der Waals surface area contributed by atoms with Gasteiger partial charge in [0.05, 0.1) is 16.1 Å². The van der Waals surface area contributed by atoms with Crippen molar-refractivity contribution in [2.45, 2.75) is 17.7 Å². The van der Waals surface area contributed by atoms with Gasteiger partial charge in [-0.1, -0.05) is 24.3 Å². The number of pyridine rings is 1. The topological polar surface area (TPSA) is 79.4 Å². The molecule has 0 spiro atoms. The van der Waals surface area contributed by atoms with Crippen molar-refractivity contribution in [2.24, 2.45) is 0 Å². The molecule has 2 heterocycles. The van der Waals surface area contributed by atoms with Crippen molar-refractivity contribution in [1.29, 1.82) is 0 Å². The van der Waals surface area contributed by atoms with Crippen LogP contribution in [0.4, 0.5) is 11.4 Å². The van der Waals surface area contributed by atoms with Gasteiger partial charge in [-0.2, -0.15) is 0 Å². The van der Waals surface area contributed by atoms with E-state index in [-0.39, 0.29) is 10.8 Å². The minimum absolute atomic E-state index is 0.252. The molecule has 1 N–H and O–H groups in total. The van der Waals surface area contributed by atoms with Gasteiger partial charge >= 0.3 is 0 Å².